The van der Waals surface area contributed by atoms with Gasteiger partial charge in [-0.05, 0) is 68.4 Å². The molecular weight excluding hydrogens is 306 g/mol. The van der Waals surface area contributed by atoms with Crippen LogP contribution in [0.3, 0.4) is 0 Å². The lowest BCUT2D eigenvalue weighted by atomic mass is 9.93. The van der Waals surface area contributed by atoms with Crippen molar-refractivity contribution in [2.75, 3.05) is 6.54 Å². The fourth-order valence-electron chi connectivity index (χ4n) is 5.02. The molecule has 3 atom stereocenters. The predicted molar refractivity (Wildman–Crippen MR) is 89.1 cm³/mol. The van der Waals surface area contributed by atoms with Gasteiger partial charge in [-0.1, -0.05) is 23.8 Å². The summed E-state index contributed by atoms with van der Waals surface area (Å²) in [5, 5.41) is 0. The lowest BCUT2D eigenvalue weighted by Gasteiger charge is -2.27. The largest absolute Gasteiger partial charge is 0.273 e. The molecule has 4 aliphatic rings. The molecule has 0 spiro atoms. The van der Waals surface area contributed by atoms with Crippen molar-refractivity contribution in [3.8, 4) is 0 Å². The van der Waals surface area contributed by atoms with Crippen molar-refractivity contribution in [3.05, 3.63) is 42.1 Å². The minimum atomic E-state index is -3.40. The van der Waals surface area contributed by atoms with E-state index >= 15 is 0 Å². The summed E-state index contributed by atoms with van der Waals surface area (Å²) in [6, 6.07) is 7.21. The Morgan fingerprint density at radius 1 is 1.09 bits per heavy atom. The van der Waals surface area contributed by atoms with Gasteiger partial charge in [0.1, 0.15) is 0 Å². The molecule has 5 rings (SSSR count). The van der Waals surface area contributed by atoms with Crippen LogP contribution in [-0.4, -0.2) is 19.3 Å². The monoisotopic (exact) mass is 329 g/mol. The van der Waals surface area contributed by atoms with E-state index in [4.69, 9.17) is 0 Å². The van der Waals surface area contributed by atoms with Crippen LogP contribution in [-0.2, 0) is 10.0 Å². The number of benzene rings is 1. The van der Waals surface area contributed by atoms with Crippen molar-refractivity contribution in [1.82, 2.24) is 4.31 Å². The lowest BCUT2D eigenvalue weighted by molar-refractivity contribution is 0.389. The second kappa shape index (κ2) is 4.41. The highest BCUT2D eigenvalue weighted by molar-refractivity contribution is 7.89. The van der Waals surface area contributed by atoms with Gasteiger partial charge in [0.05, 0.1) is 4.90 Å². The number of allylic oxidation sites excluding steroid dienone is 1. The molecule has 0 radical (unpaired) electrons. The first-order valence-electron chi connectivity index (χ1n) is 8.81. The molecule has 122 valence electrons. The molecule has 3 fully saturated rings. The fraction of sp³-hybridized carbons (Fsp3) is 0.579. The van der Waals surface area contributed by atoms with E-state index in [9.17, 15) is 8.42 Å². The van der Waals surface area contributed by atoms with E-state index in [1.54, 1.807) is 16.4 Å². The van der Waals surface area contributed by atoms with Crippen molar-refractivity contribution in [2.24, 2.45) is 29.1 Å². The molecule has 0 bridgehead atoms. The number of hydrogen-bond acceptors (Lipinski definition) is 2. The average molecular weight is 329 g/mol. The number of sulfonamides is 1. The molecule has 0 aromatic heterocycles. The van der Waals surface area contributed by atoms with Crippen LogP contribution in [0.4, 0.5) is 0 Å². The van der Waals surface area contributed by atoms with Crippen LogP contribution in [0.5, 0.6) is 0 Å². The van der Waals surface area contributed by atoms with Crippen LogP contribution in [0.15, 0.2) is 41.4 Å². The van der Waals surface area contributed by atoms with E-state index in [1.807, 2.05) is 25.3 Å². The van der Waals surface area contributed by atoms with Crippen LogP contribution < -0.4 is 0 Å². The molecule has 3 unspecified atom stereocenters. The minimum Gasteiger partial charge on any atom is -0.273 e. The summed E-state index contributed by atoms with van der Waals surface area (Å²) >= 11 is 0. The topological polar surface area (TPSA) is 37.4 Å². The third-order valence-electron chi connectivity index (χ3n) is 6.49. The summed E-state index contributed by atoms with van der Waals surface area (Å²) < 4.78 is 27.4. The second-order valence-corrected chi connectivity index (χ2v) is 9.84. The first kappa shape index (κ1) is 14.1. The molecule has 1 aromatic carbocycles. The molecule has 3 aliphatic carbocycles. The van der Waals surface area contributed by atoms with Gasteiger partial charge in [-0.25, -0.2) is 8.42 Å². The summed E-state index contributed by atoms with van der Waals surface area (Å²) in [4.78, 5) is 0.412. The number of nitrogens with zero attached hydrogens (tertiary/aromatic N) is 1. The highest BCUT2D eigenvalue weighted by Gasteiger charge is 2.73. The SMILES string of the molecule is Cc1ccc(S(=O)(=O)N2C=CC3(C4CC4)C(C2)C3C2CC2)cc1. The number of hydrogen-bond donors (Lipinski definition) is 0. The summed E-state index contributed by atoms with van der Waals surface area (Å²) in [5.41, 5.74) is 1.45. The smallest absolute Gasteiger partial charge is 0.263 e. The summed E-state index contributed by atoms with van der Waals surface area (Å²) in [7, 11) is -3.40. The maximum atomic E-state index is 12.9. The highest BCUT2D eigenvalue weighted by Crippen LogP contribution is 2.76. The van der Waals surface area contributed by atoms with Gasteiger partial charge in [-0.3, -0.25) is 4.31 Å². The highest BCUT2D eigenvalue weighted by atomic mass is 32.2. The molecule has 0 saturated heterocycles. The van der Waals surface area contributed by atoms with Crippen molar-refractivity contribution >= 4 is 10.0 Å². The van der Waals surface area contributed by atoms with Gasteiger partial charge in [-0.15, -0.1) is 0 Å². The van der Waals surface area contributed by atoms with Gasteiger partial charge in [0.25, 0.3) is 10.0 Å². The number of fused-ring (bicyclic) bond motifs is 1. The van der Waals surface area contributed by atoms with Crippen LogP contribution in [0.25, 0.3) is 0 Å². The van der Waals surface area contributed by atoms with Crippen molar-refractivity contribution < 1.29 is 8.42 Å². The Hall–Kier alpha value is -1.29. The maximum absolute atomic E-state index is 12.9. The number of aryl methyl sites for hydroxylation is 1. The molecule has 3 nitrogen and oxygen atoms in total. The van der Waals surface area contributed by atoms with Crippen LogP contribution in [0.2, 0.25) is 0 Å². The number of rotatable bonds is 4. The van der Waals surface area contributed by atoms with Crippen LogP contribution in [0, 0.1) is 36.0 Å². The molecule has 3 saturated carbocycles. The van der Waals surface area contributed by atoms with Gasteiger partial charge in [0, 0.05) is 18.2 Å². The summed E-state index contributed by atoms with van der Waals surface area (Å²) in [5.74, 6) is 3.02. The first-order chi connectivity index (χ1) is 11.0. The first-order valence-corrected chi connectivity index (χ1v) is 10.3. The molecule has 0 amide bonds. The van der Waals surface area contributed by atoms with E-state index in [2.05, 4.69) is 6.08 Å². The van der Waals surface area contributed by atoms with E-state index in [0.717, 1.165) is 23.3 Å². The van der Waals surface area contributed by atoms with Gasteiger partial charge in [-0.2, -0.15) is 0 Å². The van der Waals surface area contributed by atoms with Crippen LogP contribution >= 0.6 is 0 Å². The fourth-order valence-corrected chi connectivity index (χ4v) is 6.35. The van der Waals surface area contributed by atoms with Crippen molar-refractivity contribution in [2.45, 2.75) is 37.5 Å². The zero-order valence-corrected chi connectivity index (χ0v) is 14.3. The Kier molecular flexibility index (Phi) is 2.70. The van der Waals surface area contributed by atoms with Gasteiger partial charge < -0.3 is 0 Å². The standard InChI is InChI=1S/C19H23NO2S/c1-13-2-8-16(9-3-13)23(21,22)20-11-10-19(15-6-7-15)17(12-20)18(19)14-4-5-14/h2-3,8-11,14-15,17-18H,4-7,12H2,1H3. The van der Waals surface area contributed by atoms with Crippen molar-refractivity contribution in [3.63, 3.8) is 0 Å². The Morgan fingerprint density at radius 3 is 2.39 bits per heavy atom. The zero-order valence-electron chi connectivity index (χ0n) is 13.5. The maximum Gasteiger partial charge on any atom is 0.263 e. The minimum absolute atomic E-state index is 0.362. The van der Waals surface area contributed by atoms with E-state index in [-0.39, 0.29) is 0 Å². The lowest BCUT2D eigenvalue weighted by Crippen LogP contribution is -2.32. The summed E-state index contributed by atoms with van der Waals surface area (Å²) in [6.45, 7) is 2.66. The Bertz CT molecular complexity index is 774. The third kappa shape index (κ3) is 1.97. The van der Waals surface area contributed by atoms with Gasteiger partial charge in [0.2, 0.25) is 0 Å². The van der Waals surface area contributed by atoms with Gasteiger partial charge >= 0.3 is 0 Å². The quantitative estimate of drug-likeness (QED) is 0.847. The molecule has 1 aromatic rings. The molecule has 23 heavy (non-hydrogen) atoms. The molecule has 1 heterocycles. The summed E-state index contributed by atoms with van der Waals surface area (Å²) in [6.07, 6.45) is 9.55. The Labute approximate surface area is 138 Å². The normalized spacial score (nSPS) is 36.0. The Morgan fingerprint density at radius 2 is 1.78 bits per heavy atom. The van der Waals surface area contributed by atoms with E-state index < -0.39 is 10.0 Å². The molecule has 1 aliphatic heterocycles. The van der Waals surface area contributed by atoms with E-state index in [0.29, 0.717) is 22.8 Å². The second-order valence-electron chi connectivity index (χ2n) is 7.95. The molecular formula is C19H23NO2S. The zero-order chi connectivity index (χ0) is 15.8. The Balaban J connectivity index is 1.45. The van der Waals surface area contributed by atoms with Crippen molar-refractivity contribution in [1.29, 1.82) is 0 Å². The molecule has 4 heteroatoms. The predicted octanol–water partition coefficient (Wildman–Crippen LogP) is 3.57. The third-order valence-corrected chi connectivity index (χ3v) is 8.25. The van der Waals surface area contributed by atoms with E-state index in [1.165, 1.54) is 25.7 Å². The average Bonchev–Trinajstić information content (AvgIpc) is 3.39. The van der Waals surface area contributed by atoms with Gasteiger partial charge in [0.15, 0.2) is 0 Å². The van der Waals surface area contributed by atoms with Crippen LogP contribution in [0.1, 0.15) is 31.2 Å². The molecule has 0 N–H and O–H groups in total.